The molecule has 1 aromatic carbocycles. The molecule has 1 aliphatic rings. The normalized spacial score (nSPS) is 23.1. The molecule has 1 fully saturated rings. The maximum absolute atomic E-state index is 13.3. The first-order valence-corrected chi connectivity index (χ1v) is 7.93. The molecule has 0 bridgehead atoms. The van der Waals surface area contributed by atoms with Crippen LogP contribution in [0.3, 0.4) is 0 Å². The average Bonchev–Trinajstić information content (AvgIpc) is 2.37. The number of hydrogen-bond acceptors (Lipinski definition) is 2. The van der Waals surface area contributed by atoms with Gasteiger partial charge in [0.05, 0.1) is 15.7 Å². The summed E-state index contributed by atoms with van der Waals surface area (Å²) >= 11 is 12.3. The molecular weight excluding hydrogens is 298 g/mol. The highest BCUT2D eigenvalue weighted by Gasteiger charge is 2.28. The predicted octanol–water partition coefficient (Wildman–Crippen LogP) is 4.49. The molecule has 2 atom stereocenters. The second-order valence-electron chi connectivity index (χ2n) is 5.44. The van der Waals surface area contributed by atoms with Crippen molar-refractivity contribution in [3.8, 4) is 0 Å². The van der Waals surface area contributed by atoms with Gasteiger partial charge in [-0.05, 0) is 44.9 Å². The molecule has 0 aromatic heterocycles. The van der Waals surface area contributed by atoms with Gasteiger partial charge in [0.1, 0.15) is 5.82 Å². The monoisotopic (exact) mass is 318 g/mol. The van der Waals surface area contributed by atoms with Crippen LogP contribution in [0.25, 0.3) is 0 Å². The van der Waals surface area contributed by atoms with Crippen molar-refractivity contribution in [3.05, 3.63) is 28.0 Å². The molecule has 1 aliphatic heterocycles. The van der Waals surface area contributed by atoms with E-state index in [0.29, 0.717) is 22.1 Å². The molecule has 0 radical (unpaired) electrons. The second kappa shape index (κ2) is 6.97. The number of benzene rings is 1. The van der Waals surface area contributed by atoms with Crippen molar-refractivity contribution in [2.75, 3.05) is 18.0 Å². The third-order valence-electron chi connectivity index (χ3n) is 3.83. The van der Waals surface area contributed by atoms with E-state index in [4.69, 9.17) is 23.2 Å². The lowest BCUT2D eigenvalue weighted by Gasteiger charge is -2.40. The molecule has 1 saturated heterocycles. The molecule has 0 saturated carbocycles. The number of rotatable bonds is 4. The standard InChI is InChI=1S/C15H21Cl2FN2/c1-3-5-19-12-4-6-20(10(2)7-12)15-13(16)8-11(18)9-14(15)17/h8-10,12,19H,3-7H2,1-2H3. The Morgan fingerprint density at radius 2 is 2.00 bits per heavy atom. The maximum Gasteiger partial charge on any atom is 0.126 e. The van der Waals surface area contributed by atoms with Gasteiger partial charge < -0.3 is 10.2 Å². The van der Waals surface area contributed by atoms with Gasteiger partial charge in [-0.2, -0.15) is 0 Å². The largest absolute Gasteiger partial charge is 0.366 e. The van der Waals surface area contributed by atoms with Crippen LogP contribution in [0, 0.1) is 5.82 Å². The van der Waals surface area contributed by atoms with E-state index >= 15 is 0 Å². The van der Waals surface area contributed by atoms with Crippen molar-refractivity contribution in [1.29, 1.82) is 0 Å². The Morgan fingerprint density at radius 1 is 1.35 bits per heavy atom. The third kappa shape index (κ3) is 3.57. The fourth-order valence-electron chi connectivity index (χ4n) is 2.85. The number of nitrogens with zero attached hydrogens (tertiary/aromatic N) is 1. The Labute approximate surface area is 130 Å². The SMILES string of the molecule is CCCNC1CCN(c2c(Cl)cc(F)cc2Cl)C(C)C1. The third-order valence-corrected chi connectivity index (χ3v) is 4.40. The van der Waals surface area contributed by atoms with Crippen molar-refractivity contribution < 1.29 is 4.39 Å². The van der Waals surface area contributed by atoms with E-state index in [9.17, 15) is 4.39 Å². The predicted molar refractivity (Wildman–Crippen MR) is 84.5 cm³/mol. The summed E-state index contributed by atoms with van der Waals surface area (Å²) in [5.74, 6) is -0.393. The zero-order valence-corrected chi connectivity index (χ0v) is 13.4. The van der Waals surface area contributed by atoms with E-state index in [2.05, 4.69) is 24.1 Å². The average molecular weight is 319 g/mol. The minimum atomic E-state index is -0.393. The molecule has 1 N–H and O–H groups in total. The van der Waals surface area contributed by atoms with Gasteiger partial charge in [-0.25, -0.2) is 4.39 Å². The zero-order valence-electron chi connectivity index (χ0n) is 11.9. The van der Waals surface area contributed by atoms with Crippen LogP contribution in [0.1, 0.15) is 33.1 Å². The van der Waals surface area contributed by atoms with Gasteiger partial charge in [-0.15, -0.1) is 0 Å². The Balaban J connectivity index is 2.12. The summed E-state index contributed by atoms with van der Waals surface area (Å²) in [5.41, 5.74) is 0.760. The minimum absolute atomic E-state index is 0.332. The van der Waals surface area contributed by atoms with Crippen molar-refractivity contribution in [1.82, 2.24) is 5.32 Å². The summed E-state index contributed by atoms with van der Waals surface area (Å²) < 4.78 is 13.3. The van der Waals surface area contributed by atoms with Crippen LogP contribution in [0.15, 0.2) is 12.1 Å². The fourth-order valence-corrected chi connectivity index (χ4v) is 3.52. The highest BCUT2D eigenvalue weighted by molar-refractivity contribution is 6.39. The van der Waals surface area contributed by atoms with E-state index in [0.717, 1.165) is 38.0 Å². The summed E-state index contributed by atoms with van der Waals surface area (Å²) in [6.45, 7) is 6.27. The number of hydrogen-bond donors (Lipinski definition) is 1. The van der Waals surface area contributed by atoms with Crippen molar-refractivity contribution in [3.63, 3.8) is 0 Å². The lowest BCUT2D eigenvalue weighted by molar-refractivity contribution is 0.369. The molecule has 0 aliphatic carbocycles. The van der Waals surface area contributed by atoms with Crippen LogP contribution >= 0.6 is 23.2 Å². The van der Waals surface area contributed by atoms with E-state index in [1.807, 2.05) is 0 Å². The number of piperidine rings is 1. The first-order chi connectivity index (χ1) is 9.52. The van der Waals surface area contributed by atoms with Crippen LogP contribution < -0.4 is 10.2 Å². The summed E-state index contributed by atoms with van der Waals surface area (Å²) in [5, 5.41) is 4.34. The minimum Gasteiger partial charge on any atom is -0.366 e. The highest BCUT2D eigenvalue weighted by Crippen LogP contribution is 2.37. The summed E-state index contributed by atoms with van der Waals surface area (Å²) in [6.07, 6.45) is 3.24. The molecule has 2 nitrogen and oxygen atoms in total. The molecule has 1 heterocycles. The molecule has 20 heavy (non-hydrogen) atoms. The molecule has 0 amide bonds. The van der Waals surface area contributed by atoms with Crippen LogP contribution in [0.4, 0.5) is 10.1 Å². The Hall–Kier alpha value is -0.510. The Morgan fingerprint density at radius 3 is 2.55 bits per heavy atom. The van der Waals surface area contributed by atoms with Crippen LogP contribution in [0.5, 0.6) is 0 Å². The lowest BCUT2D eigenvalue weighted by Crippen LogP contribution is -2.47. The Kier molecular flexibility index (Phi) is 5.53. The lowest BCUT2D eigenvalue weighted by atomic mass is 9.97. The van der Waals surface area contributed by atoms with Gasteiger partial charge in [0, 0.05) is 18.6 Å². The first-order valence-electron chi connectivity index (χ1n) is 7.17. The van der Waals surface area contributed by atoms with Gasteiger partial charge in [0.2, 0.25) is 0 Å². The molecule has 0 spiro atoms. The van der Waals surface area contributed by atoms with Crippen LogP contribution in [0.2, 0.25) is 10.0 Å². The van der Waals surface area contributed by atoms with E-state index in [1.165, 1.54) is 12.1 Å². The smallest absolute Gasteiger partial charge is 0.126 e. The topological polar surface area (TPSA) is 15.3 Å². The van der Waals surface area contributed by atoms with E-state index in [-0.39, 0.29) is 0 Å². The fraction of sp³-hybridized carbons (Fsp3) is 0.600. The molecule has 2 unspecified atom stereocenters. The summed E-state index contributed by atoms with van der Waals surface area (Å²) in [7, 11) is 0. The van der Waals surface area contributed by atoms with Gasteiger partial charge >= 0.3 is 0 Å². The number of halogens is 3. The molecule has 2 rings (SSSR count). The van der Waals surface area contributed by atoms with E-state index in [1.54, 1.807) is 0 Å². The summed E-state index contributed by atoms with van der Waals surface area (Å²) in [6, 6.07) is 3.53. The van der Waals surface area contributed by atoms with Crippen LogP contribution in [-0.4, -0.2) is 25.2 Å². The van der Waals surface area contributed by atoms with Crippen molar-refractivity contribution >= 4 is 28.9 Å². The van der Waals surface area contributed by atoms with Crippen molar-refractivity contribution in [2.24, 2.45) is 0 Å². The molecule has 5 heteroatoms. The maximum atomic E-state index is 13.3. The van der Waals surface area contributed by atoms with Gasteiger partial charge in [0.15, 0.2) is 0 Å². The summed E-state index contributed by atoms with van der Waals surface area (Å²) in [4.78, 5) is 2.19. The Bertz CT molecular complexity index is 444. The first kappa shape index (κ1) is 15.9. The number of nitrogens with one attached hydrogen (secondary N) is 1. The molecule has 112 valence electrons. The quantitative estimate of drug-likeness (QED) is 0.880. The zero-order chi connectivity index (χ0) is 14.7. The van der Waals surface area contributed by atoms with Gasteiger partial charge in [-0.1, -0.05) is 30.1 Å². The molecular formula is C15H21Cl2FN2. The van der Waals surface area contributed by atoms with Gasteiger partial charge in [0.25, 0.3) is 0 Å². The van der Waals surface area contributed by atoms with E-state index < -0.39 is 5.82 Å². The molecule has 1 aromatic rings. The second-order valence-corrected chi connectivity index (χ2v) is 6.25. The van der Waals surface area contributed by atoms with Gasteiger partial charge in [-0.3, -0.25) is 0 Å². The van der Waals surface area contributed by atoms with Crippen molar-refractivity contribution in [2.45, 2.75) is 45.2 Å². The highest BCUT2D eigenvalue weighted by atomic mass is 35.5. The number of anilines is 1. The van der Waals surface area contributed by atoms with Crippen LogP contribution in [-0.2, 0) is 0 Å².